The number of aromatic nitrogens is 5. The second kappa shape index (κ2) is 8.92. The Balaban J connectivity index is 0.00000228. The summed E-state index contributed by atoms with van der Waals surface area (Å²) in [5.41, 5.74) is 4.22. The molecular formula is C26H15N5OPt. The van der Waals surface area contributed by atoms with Gasteiger partial charge in [0.2, 0.25) is 5.88 Å². The molecule has 0 N–H and O–H groups in total. The quantitative estimate of drug-likeness (QED) is 0.250. The van der Waals surface area contributed by atoms with Crippen LogP contribution >= 0.6 is 0 Å². The van der Waals surface area contributed by atoms with Gasteiger partial charge in [-0.2, -0.15) is 6.07 Å². The molecule has 6 rings (SSSR count). The summed E-state index contributed by atoms with van der Waals surface area (Å²) in [5, 5.41) is 1.05. The zero-order valence-corrected chi connectivity index (χ0v) is 19.4. The van der Waals surface area contributed by atoms with Gasteiger partial charge in [-0.05, 0) is 41.4 Å². The maximum atomic E-state index is 5.79. The molecule has 0 aliphatic heterocycles. The van der Waals surface area contributed by atoms with E-state index in [2.05, 4.69) is 43.8 Å². The Morgan fingerprint density at radius 3 is 2.33 bits per heavy atom. The SMILES string of the molecule is [Pt+2].[c-]1c(Oc2ccccn2)cncc1-c1[c-]c2c(nc1)c1ccccc1n2-c1ccccn1. The molecule has 0 bridgehead atoms. The average molecular weight is 609 g/mol. The number of benzene rings is 1. The van der Waals surface area contributed by atoms with Crippen LogP contribution in [0.15, 0.2) is 91.6 Å². The van der Waals surface area contributed by atoms with Crippen LogP contribution in [-0.4, -0.2) is 24.5 Å². The van der Waals surface area contributed by atoms with Gasteiger partial charge in [0.15, 0.2) is 0 Å². The summed E-state index contributed by atoms with van der Waals surface area (Å²) in [6, 6.07) is 26.2. The molecule has 5 heterocycles. The van der Waals surface area contributed by atoms with Gasteiger partial charge in [-0.15, -0.1) is 6.07 Å². The molecule has 0 radical (unpaired) electrons. The van der Waals surface area contributed by atoms with Crippen LogP contribution < -0.4 is 4.74 Å². The van der Waals surface area contributed by atoms with Crippen LogP contribution in [0, 0.1) is 12.1 Å². The first-order valence-electron chi connectivity index (χ1n) is 10.1. The molecule has 0 aliphatic carbocycles. The van der Waals surface area contributed by atoms with Gasteiger partial charge in [-0.25, -0.2) is 21.1 Å². The number of nitrogens with zero attached hydrogens (tertiary/aromatic N) is 5. The van der Waals surface area contributed by atoms with Gasteiger partial charge in [-0.1, -0.05) is 42.7 Å². The average Bonchev–Trinajstić information content (AvgIpc) is 3.19. The second-order valence-electron chi connectivity index (χ2n) is 7.11. The van der Waals surface area contributed by atoms with E-state index in [1.165, 1.54) is 0 Å². The molecule has 0 aliphatic rings. The van der Waals surface area contributed by atoms with Crippen molar-refractivity contribution in [2.75, 3.05) is 0 Å². The smallest absolute Gasteiger partial charge is 0.458 e. The van der Waals surface area contributed by atoms with Gasteiger partial charge in [0.1, 0.15) is 5.82 Å². The summed E-state index contributed by atoms with van der Waals surface area (Å²) in [6.45, 7) is 0. The number of pyridine rings is 4. The van der Waals surface area contributed by atoms with Crippen molar-refractivity contribution < 1.29 is 25.8 Å². The molecule has 0 unspecified atom stereocenters. The van der Waals surface area contributed by atoms with Crippen LogP contribution in [0.2, 0.25) is 0 Å². The second-order valence-corrected chi connectivity index (χ2v) is 7.11. The van der Waals surface area contributed by atoms with E-state index in [1.54, 1.807) is 37.1 Å². The minimum Gasteiger partial charge on any atom is -0.458 e. The predicted octanol–water partition coefficient (Wildman–Crippen LogP) is 5.42. The normalized spacial score (nSPS) is 10.8. The molecule has 1 aromatic carbocycles. The van der Waals surface area contributed by atoms with Gasteiger partial charge in [0.25, 0.3) is 0 Å². The van der Waals surface area contributed by atoms with Crippen molar-refractivity contribution >= 4 is 21.9 Å². The van der Waals surface area contributed by atoms with Crippen LogP contribution in [0.25, 0.3) is 38.9 Å². The summed E-state index contributed by atoms with van der Waals surface area (Å²) < 4.78 is 7.86. The summed E-state index contributed by atoms with van der Waals surface area (Å²) in [7, 11) is 0. The predicted molar refractivity (Wildman–Crippen MR) is 122 cm³/mol. The first-order chi connectivity index (χ1) is 15.9. The van der Waals surface area contributed by atoms with Crippen molar-refractivity contribution in [3.05, 3.63) is 104 Å². The van der Waals surface area contributed by atoms with Crippen LogP contribution in [0.1, 0.15) is 0 Å². The van der Waals surface area contributed by atoms with Gasteiger partial charge < -0.3 is 19.3 Å². The Morgan fingerprint density at radius 2 is 1.52 bits per heavy atom. The number of ether oxygens (including phenoxy) is 1. The fraction of sp³-hybridized carbons (Fsp3) is 0. The van der Waals surface area contributed by atoms with E-state index in [9.17, 15) is 0 Å². The summed E-state index contributed by atoms with van der Waals surface area (Å²) in [6.07, 6.45) is 8.57. The molecular weight excluding hydrogens is 593 g/mol. The standard InChI is InChI=1S/C26H15N5O.Pt/c1-2-8-22-21(7-1)26-23(31(22)24-9-3-5-11-28-24)14-19(16-30-26)18-13-20(17-27-15-18)32-25-10-4-6-12-29-25;/h1-12,15-17H;/q-2;+2. The van der Waals surface area contributed by atoms with Crippen molar-refractivity contribution in [1.82, 2.24) is 24.5 Å². The van der Waals surface area contributed by atoms with E-state index in [4.69, 9.17) is 9.72 Å². The number of hydrogen-bond donors (Lipinski definition) is 0. The van der Waals surface area contributed by atoms with E-state index in [1.807, 2.05) is 42.5 Å². The van der Waals surface area contributed by atoms with Crippen LogP contribution in [0.3, 0.4) is 0 Å². The Bertz CT molecular complexity index is 1550. The molecule has 0 saturated carbocycles. The van der Waals surface area contributed by atoms with Crippen LogP contribution in [0.4, 0.5) is 0 Å². The third-order valence-electron chi connectivity index (χ3n) is 5.10. The number of fused-ring (bicyclic) bond motifs is 3. The molecule has 7 heteroatoms. The molecule has 160 valence electrons. The van der Waals surface area contributed by atoms with E-state index in [-0.39, 0.29) is 21.1 Å². The Labute approximate surface area is 204 Å². The minimum absolute atomic E-state index is 0. The molecule has 0 spiro atoms. The molecule has 0 atom stereocenters. The summed E-state index contributed by atoms with van der Waals surface area (Å²) in [4.78, 5) is 17.8. The van der Waals surface area contributed by atoms with Gasteiger partial charge in [-0.3, -0.25) is 0 Å². The van der Waals surface area contributed by atoms with Crippen LogP contribution in [-0.2, 0) is 21.1 Å². The number of rotatable bonds is 4. The molecule has 6 nitrogen and oxygen atoms in total. The summed E-state index contributed by atoms with van der Waals surface area (Å²) in [5.74, 6) is 1.76. The monoisotopic (exact) mass is 608 g/mol. The first kappa shape index (κ1) is 21.0. The van der Waals surface area contributed by atoms with E-state index in [0.29, 0.717) is 11.6 Å². The molecule has 5 aromatic heterocycles. The van der Waals surface area contributed by atoms with Crippen molar-refractivity contribution in [1.29, 1.82) is 0 Å². The topological polar surface area (TPSA) is 65.7 Å². The van der Waals surface area contributed by atoms with Crippen molar-refractivity contribution in [3.63, 3.8) is 0 Å². The fourth-order valence-electron chi connectivity index (χ4n) is 3.70. The third kappa shape index (κ3) is 3.90. The largest absolute Gasteiger partial charge is 2.00 e. The molecule has 0 fully saturated rings. The Kier molecular flexibility index (Phi) is 5.67. The molecule has 0 amide bonds. The number of hydrogen-bond acceptors (Lipinski definition) is 5. The van der Waals surface area contributed by atoms with E-state index < -0.39 is 0 Å². The molecule has 33 heavy (non-hydrogen) atoms. The Hall–Kier alpha value is -3.89. The van der Waals surface area contributed by atoms with Gasteiger partial charge in [0.05, 0.1) is 5.75 Å². The molecule has 0 saturated heterocycles. The van der Waals surface area contributed by atoms with E-state index in [0.717, 1.165) is 38.9 Å². The number of para-hydroxylation sites is 1. The minimum atomic E-state index is 0. The zero-order valence-electron chi connectivity index (χ0n) is 17.1. The van der Waals surface area contributed by atoms with Gasteiger partial charge >= 0.3 is 21.1 Å². The summed E-state index contributed by atoms with van der Waals surface area (Å²) >= 11 is 0. The maximum absolute atomic E-state index is 5.79. The fourth-order valence-corrected chi connectivity index (χ4v) is 3.70. The zero-order chi connectivity index (χ0) is 21.3. The van der Waals surface area contributed by atoms with Gasteiger partial charge in [0, 0.05) is 29.5 Å². The van der Waals surface area contributed by atoms with E-state index >= 15 is 0 Å². The van der Waals surface area contributed by atoms with Crippen molar-refractivity contribution in [3.8, 4) is 28.6 Å². The first-order valence-corrected chi connectivity index (χ1v) is 10.1. The third-order valence-corrected chi connectivity index (χ3v) is 5.10. The van der Waals surface area contributed by atoms with Crippen molar-refractivity contribution in [2.24, 2.45) is 0 Å². The van der Waals surface area contributed by atoms with Crippen LogP contribution in [0.5, 0.6) is 11.6 Å². The van der Waals surface area contributed by atoms with Crippen molar-refractivity contribution in [2.45, 2.75) is 0 Å². The maximum Gasteiger partial charge on any atom is 2.00 e. The molecule has 6 aromatic rings. The Morgan fingerprint density at radius 1 is 0.727 bits per heavy atom.